The lowest BCUT2D eigenvalue weighted by Crippen LogP contribution is -2.09. The average Bonchev–Trinajstić information content (AvgIpc) is 0.846. The molecule has 12 aromatic heterocycles. The molecule has 31 heteroatoms. The molecule has 0 aliphatic carbocycles. The summed E-state index contributed by atoms with van der Waals surface area (Å²) in [6, 6.07) is 38.7. The highest BCUT2D eigenvalue weighted by Gasteiger charge is 2.34. The summed E-state index contributed by atoms with van der Waals surface area (Å²) >= 11 is 0. The molecule has 12 rings (SSSR count). The third-order valence-corrected chi connectivity index (χ3v) is 14.7. The van der Waals surface area contributed by atoms with E-state index in [1.165, 1.54) is 73.2 Å². The molecule has 12 heterocycles. The third-order valence-electron chi connectivity index (χ3n) is 14.7. The number of alkyl halides is 9. The summed E-state index contributed by atoms with van der Waals surface area (Å²) in [6.07, 6.45) is -4.55. The summed E-state index contributed by atoms with van der Waals surface area (Å²) in [6.45, 7) is 12.4. The molecule has 0 radical (unpaired) electrons. The van der Waals surface area contributed by atoms with Crippen LogP contribution in [0, 0.1) is 65.6 Å². The predicted octanol–water partition coefficient (Wildman–Crippen LogP) is 17.6. The molecule has 12 aromatic rings. The number of pyridine rings is 12. The summed E-state index contributed by atoms with van der Waals surface area (Å²) in [5.74, 6) is 0.523. The summed E-state index contributed by atoms with van der Waals surface area (Å²) in [7, 11) is 0. The molecule has 0 unspecified atom stereocenters. The van der Waals surface area contributed by atoms with Crippen LogP contribution in [0.2, 0.25) is 0 Å². The van der Waals surface area contributed by atoms with Crippen molar-refractivity contribution in [1.82, 2.24) is 59.8 Å². The number of hydrogen-bond donors (Lipinski definition) is 0. The Morgan fingerprint density at radius 1 is 0.345 bits per heavy atom. The number of ketones is 4. The number of rotatable bonds is 20. The van der Waals surface area contributed by atoms with Gasteiger partial charge in [0.1, 0.15) is 97.7 Å². The highest BCUT2D eigenvalue weighted by molar-refractivity contribution is 5.97. The van der Waals surface area contributed by atoms with Crippen LogP contribution in [0.5, 0.6) is 46.0 Å². The number of aryl methyl sites for hydroxylation is 7. The minimum absolute atomic E-state index is 0.0703. The first-order chi connectivity index (χ1) is 52.1. The second kappa shape index (κ2) is 36.2. The second-order valence-corrected chi connectivity index (χ2v) is 24.1. The molecule has 0 aliphatic rings. The minimum Gasteiger partial charge on any atom is -0.456 e. The summed E-state index contributed by atoms with van der Waals surface area (Å²) in [5, 5.41) is 8.92. The van der Waals surface area contributed by atoms with E-state index in [9.17, 15) is 63.1 Å². The second-order valence-electron chi connectivity index (χ2n) is 24.1. The largest absolute Gasteiger partial charge is 0.456 e. The normalized spacial score (nSPS) is 11.1. The first-order valence-corrected chi connectivity index (χ1v) is 32.8. The Bertz CT molecular complexity index is 5160. The van der Waals surface area contributed by atoms with Gasteiger partial charge in [0.25, 0.3) is 0 Å². The van der Waals surface area contributed by atoms with Gasteiger partial charge in [0.2, 0.25) is 0 Å². The fourth-order valence-electron chi connectivity index (χ4n) is 9.82. The SMILES string of the molecule is Cc1cc(Oc2cncc(C#N)c2)cc(C(=O)Cc2cc(F)ccn2)n1.Cc1ccc(CC(=O)c2cc(Oc3ccc(C(F)(F)F)nc3)cc(C)n2)nc1.Cc1cccc(CC(=O)c2cc(Oc3ccc(C(F)(F)F)nc3)cc(C)n2)n1.Cc1cccc(CC(=O)c2cc(Oc3ccc(C(F)(F)F)nc3)cc(C)n2)n1. The van der Waals surface area contributed by atoms with Gasteiger partial charge in [-0.1, -0.05) is 18.2 Å². The molecule has 0 bridgehead atoms. The molecule has 0 spiro atoms. The Hall–Kier alpha value is -13.5. The van der Waals surface area contributed by atoms with Crippen molar-refractivity contribution in [2.24, 2.45) is 0 Å². The molecule has 0 N–H and O–H groups in total. The van der Waals surface area contributed by atoms with E-state index in [1.807, 2.05) is 57.2 Å². The van der Waals surface area contributed by atoms with Crippen LogP contribution < -0.4 is 18.9 Å². The minimum atomic E-state index is -4.52. The molecule has 0 amide bonds. The fourth-order valence-corrected chi connectivity index (χ4v) is 9.82. The summed E-state index contributed by atoms with van der Waals surface area (Å²) in [4.78, 5) is 97.7. The molecule has 0 atom stereocenters. The highest BCUT2D eigenvalue weighted by atomic mass is 19.4. The van der Waals surface area contributed by atoms with Crippen molar-refractivity contribution in [3.8, 4) is 52.1 Å². The van der Waals surface area contributed by atoms with E-state index < -0.39 is 41.4 Å². The van der Waals surface area contributed by atoms with Crippen molar-refractivity contribution >= 4 is 23.1 Å². The Morgan fingerprint density at radius 3 is 1.05 bits per heavy atom. The Kier molecular flexibility index (Phi) is 26.5. The van der Waals surface area contributed by atoms with Gasteiger partial charge in [0.05, 0.1) is 61.7 Å². The molecule has 0 saturated carbocycles. The van der Waals surface area contributed by atoms with Crippen molar-refractivity contribution in [3.63, 3.8) is 0 Å². The predicted molar refractivity (Wildman–Crippen MR) is 376 cm³/mol. The molecule has 21 nitrogen and oxygen atoms in total. The van der Waals surface area contributed by atoms with E-state index in [0.717, 1.165) is 53.7 Å². The number of halogens is 10. The van der Waals surface area contributed by atoms with Crippen LogP contribution in [0.3, 0.4) is 0 Å². The number of aromatic nitrogens is 12. The smallest absolute Gasteiger partial charge is 0.433 e. The van der Waals surface area contributed by atoms with Gasteiger partial charge in [0.15, 0.2) is 23.1 Å². The van der Waals surface area contributed by atoms with Gasteiger partial charge in [-0.25, -0.2) is 39.3 Å². The number of carbonyl (C=O) groups excluding carboxylic acids is 4. The quantitative estimate of drug-likeness (QED) is 0.0506. The zero-order valence-electron chi connectivity index (χ0n) is 59.2. The molecule has 0 aromatic carbocycles. The van der Waals surface area contributed by atoms with Crippen LogP contribution in [-0.4, -0.2) is 82.9 Å². The lowest BCUT2D eigenvalue weighted by atomic mass is 10.1. The number of nitrogens with zero attached hydrogens (tertiary/aromatic N) is 13. The monoisotopic (exact) mass is 1510 g/mol. The summed E-state index contributed by atoms with van der Waals surface area (Å²) in [5.41, 5.74) is 5.12. The average molecular weight is 1510 g/mol. The van der Waals surface area contributed by atoms with E-state index in [-0.39, 0.29) is 106 Å². The molecule has 560 valence electrons. The first kappa shape index (κ1) is 80.6. The third kappa shape index (κ3) is 24.8. The zero-order chi connectivity index (χ0) is 79.5. The number of hydrogen-bond acceptors (Lipinski definition) is 21. The maximum absolute atomic E-state index is 13.2. The Labute approximate surface area is 621 Å². The lowest BCUT2D eigenvalue weighted by molar-refractivity contribution is -0.142. The van der Waals surface area contributed by atoms with E-state index in [2.05, 4.69) is 59.8 Å². The van der Waals surface area contributed by atoms with Gasteiger partial charge in [-0.3, -0.25) is 44.1 Å². The van der Waals surface area contributed by atoms with E-state index in [4.69, 9.17) is 24.2 Å². The van der Waals surface area contributed by atoms with E-state index >= 15 is 0 Å². The molecule has 110 heavy (non-hydrogen) atoms. The van der Waals surface area contributed by atoms with Gasteiger partial charge in [-0.05, 0) is 133 Å². The molecular weight excluding hydrogens is 1450 g/mol. The molecular formula is C79H61F10N13O8. The van der Waals surface area contributed by atoms with E-state index in [1.54, 1.807) is 82.4 Å². The maximum atomic E-state index is 13.2. The standard InChI is InChI=1S/3C20H16F3N3O2.C19H13FN4O2/c1-12-3-4-14(24-10-12)8-18(27)17-9-16(7-13(2)26-17)28-15-5-6-19(25-11-15)20(21,22)23;2*1-12-4-3-5-14(25-12)9-18(27)17-10-16(8-13(2)26-17)28-15-6-7-19(24-11-15)20(21,22)23;1-12-4-16(26-17-5-13(9-21)10-22-11-17)8-18(24-12)19(25)7-15-6-14(20)2-3-23-15/h3-7,9-11H,8H2,1-2H3;2*3-8,10-11H,9H2,1-2H3;2-6,8,10-11H,7H2,1H3. The van der Waals surface area contributed by atoms with Crippen LogP contribution in [0.15, 0.2) is 195 Å². The van der Waals surface area contributed by atoms with Crippen molar-refractivity contribution in [2.45, 2.75) is 92.7 Å². The van der Waals surface area contributed by atoms with E-state index in [0.29, 0.717) is 62.6 Å². The van der Waals surface area contributed by atoms with Crippen molar-refractivity contribution in [2.75, 3.05) is 0 Å². The van der Waals surface area contributed by atoms with Crippen molar-refractivity contribution in [1.29, 1.82) is 5.26 Å². The van der Waals surface area contributed by atoms with Crippen LogP contribution in [-0.2, 0) is 44.2 Å². The van der Waals surface area contributed by atoms with Crippen LogP contribution in [0.25, 0.3) is 0 Å². The molecule has 0 aliphatic heterocycles. The van der Waals surface area contributed by atoms with Gasteiger partial charge >= 0.3 is 18.5 Å². The Morgan fingerprint density at radius 2 is 0.718 bits per heavy atom. The van der Waals surface area contributed by atoms with Gasteiger partial charge in [-0.2, -0.15) is 44.8 Å². The number of ether oxygens (including phenoxy) is 4. The first-order valence-electron chi connectivity index (χ1n) is 32.8. The lowest BCUT2D eigenvalue weighted by Gasteiger charge is -2.10. The van der Waals surface area contributed by atoms with Gasteiger partial charge in [-0.15, -0.1) is 0 Å². The Balaban J connectivity index is 0.000000169. The van der Waals surface area contributed by atoms with Gasteiger partial charge < -0.3 is 18.9 Å². The number of carbonyl (C=O) groups is 4. The van der Waals surface area contributed by atoms with Gasteiger partial charge in [0, 0.05) is 124 Å². The maximum Gasteiger partial charge on any atom is 0.433 e. The van der Waals surface area contributed by atoms with Crippen molar-refractivity contribution in [3.05, 3.63) is 309 Å². The van der Waals surface area contributed by atoms with Crippen LogP contribution in [0.1, 0.15) is 127 Å². The number of Topliss-reactive ketones (excluding diaryl/α,β-unsaturated/α-hetero) is 4. The number of nitriles is 1. The fraction of sp³-hybridized carbons (Fsp3) is 0.177. The topological polar surface area (TPSA) is 284 Å². The molecule has 0 saturated heterocycles. The highest BCUT2D eigenvalue weighted by Crippen LogP contribution is 2.34. The zero-order valence-corrected chi connectivity index (χ0v) is 59.2. The van der Waals surface area contributed by atoms with Crippen LogP contribution >= 0.6 is 0 Å². The summed E-state index contributed by atoms with van der Waals surface area (Å²) < 4.78 is 149. The van der Waals surface area contributed by atoms with Crippen molar-refractivity contribution < 1.29 is 82.0 Å². The molecule has 0 fully saturated rings. The van der Waals surface area contributed by atoms with Crippen LogP contribution in [0.4, 0.5) is 43.9 Å².